The van der Waals surface area contributed by atoms with Crippen molar-refractivity contribution in [1.82, 2.24) is 0 Å². The third kappa shape index (κ3) is 42.4. The Morgan fingerprint density at radius 3 is 0.721 bits per heavy atom. The molecule has 0 aromatic carbocycles. The third-order valence-electron chi connectivity index (χ3n) is 9.71. The molecule has 0 aliphatic carbocycles. The Balaban J connectivity index is 3.03. The molecule has 0 aliphatic rings. The van der Waals surface area contributed by atoms with Gasteiger partial charge in [0.2, 0.25) is 0 Å². The fraction of sp³-hybridized carbons (Fsp3) is 1.00. The molecule has 0 aromatic heterocycles. The highest BCUT2D eigenvalue weighted by atomic mass is 32.2. The van der Waals surface area contributed by atoms with E-state index < -0.39 is 0 Å². The molecule has 260 valence electrons. The lowest BCUT2D eigenvalue weighted by Gasteiger charge is -2.05. The summed E-state index contributed by atoms with van der Waals surface area (Å²) in [4.78, 5) is 0. The van der Waals surface area contributed by atoms with Crippen LogP contribution >= 0.6 is 11.8 Å². The first-order chi connectivity index (χ1) is 21.3. The summed E-state index contributed by atoms with van der Waals surface area (Å²) in [5.74, 6) is 3.72. The number of hydrogen-bond donors (Lipinski definition) is 0. The van der Waals surface area contributed by atoms with E-state index in [0.717, 1.165) is 5.92 Å². The van der Waals surface area contributed by atoms with Crippen molar-refractivity contribution in [2.45, 2.75) is 252 Å². The molecule has 43 heavy (non-hydrogen) atoms. The number of hydrogen-bond acceptors (Lipinski definition) is 1. The molecule has 0 amide bonds. The van der Waals surface area contributed by atoms with Gasteiger partial charge in [-0.15, -0.1) is 0 Å². The predicted octanol–water partition coefficient (Wildman–Crippen LogP) is 16.4. The zero-order valence-electron chi connectivity index (χ0n) is 30.9. The summed E-state index contributed by atoms with van der Waals surface area (Å²) >= 11 is 2.23. The average molecular weight is 623 g/mol. The van der Waals surface area contributed by atoms with Gasteiger partial charge in [0.1, 0.15) is 0 Å². The molecule has 0 saturated heterocycles. The first-order valence-electron chi connectivity index (χ1n) is 20.8. The van der Waals surface area contributed by atoms with Crippen molar-refractivity contribution in [2.75, 3.05) is 11.5 Å². The second kappa shape index (κ2) is 40.4. The minimum absolute atomic E-state index is 0.895. The van der Waals surface area contributed by atoms with Gasteiger partial charge in [-0.25, -0.2) is 0 Å². The van der Waals surface area contributed by atoms with Gasteiger partial charge >= 0.3 is 0 Å². The first kappa shape index (κ1) is 43.4. The van der Waals surface area contributed by atoms with E-state index in [9.17, 15) is 0 Å². The van der Waals surface area contributed by atoms with Crippen LogP contribution in [-0.2, 0) is 0 Å². The maximum absolute atomic E-state index is 2.35. The van der Waals surface area contributed by atoms with Crippen LogP contribution in [0, 0.1) is 5.92 Å². The zero-order chi connectivity index (χ0) is 31.2. The monoisotopic (exact) mass is 623 g/mol. The standard InChI is InChI=1S/C42H86S/c1-4-5-6-7-8-9-10-11-12-13-14-15-16-17-18-19-22-25-28-31-34-37-40-43-41-38-35-32-29-26-23-20-21-24-27-30-33-36-39-42(2)3/h42H,4-41H2,1-3H3. The van der Waals surface area contributed by atoms with E-state index in [2.05, 4.69) is 32.5 Å². The van der Waals surface area contributed by atoms with Crippen LogP contribution in [0.15, 0.2) is 0 Å². The quantitative estimate of drug-likeness (QED) is 0.0614. The lowest BCUT2D eigenvalue weighted by Crippen LogP contribution is -1.88. The maximum Gasteiger partial charge on any atom is -0.00675 e. The van der Waals surface area contributed by atoms with E-state index >= 15 is 0 Å². The van der Waals surface area contributed by atoms with Gasteiger partial charge in [0.25, 0.3) is 0 Å². The highest BCUT2D eigenvalue weighted by Crippen LogP contribution is 2.18. The van der Waals surface area contributed by atoms with Gasteiger partial charge in [0.15, 0.2) is 0 Å². The summed E-state index contributed by atoms with van der Waals surface area (Å²) in [5, 5.41) is 0. The van der Waals surface area contributed by atoms with E-state index in [-0.39, 0.29) is 0 Å². The van der Waals surface area contributed by atoms with Crippen molar-refractivity contribution in [3.8, 4) is 0 Å². The topological polar surface area (TPSA) is 0 Å². The molecule has 0 saturated carbocycles. The summed E-state index contributed by atoms with van der Waals surface area (Å²) < 4.78 is 0. The molecule has 0 bridgehead atoms. The van der Waals surface area contributed by atoms with E-state index in [1.807, 2.05) is 0 Å². The third-order valence-corrected chi connectivity index (χ3v) is 10.9. The highest BCUT2D eigenvalue weighted by molar-refractivity contribution is 7.99. The van der Waals surface area contributed by atoms with Gasteiger partial charge in [-0.2, -0.15) is 11.8 Å². The number of unbranched alkanes of at least 4 members (excludes halogenated alkanes) is 33. The molecule has 0 N–H and O–H groups in total. The summed E-state index contributed by atoms with van der Waals surface area (Å²) in [6.07, 6.45) is 53.2. The van der Waals surface area contributed by atoms with Gasteiger partial charge in [-0.3, -0.25) is 0 Å². The average Bonchev–Trinajstić information content (AvgIpc) is 3.00. The Bertz CT molecular complexity index is 458. The molecule has 0 fully saturated rings. The van der Waals surface area contributed by atoms with Gasteiger partial charge in [0.05, 0.1) is 0 Å². The molecule has 0 rings (SSSR count). The van der Waals surface area contributed by atoms with E-state index in [1.54, 1.807) is 0 Å². The molecular weight excluding hydrogens is 537 g/mol. The van der Waals surface area contributed by atoms with Crippen LogP contribution in [0.3, 0.4) is 0 Å². The van der Waals surface area contributed by atoms with E-state index in [0.29, 0.717) is 0 Å². The molecule has 0 heterocycles. The molecule has 0 aliphatic heterocycles. The fourth-order valence-electron chi connectivity index (χ4n) is 6.62. The van der Waals surface area contributed by atoms with Crippen molar-refractivity contribution in [3.63, 3.8) is 0 Å². The number of rotatable bonds is 39. The van der Waals surface area contributed by atoms with E-state index in [4.69, 9.17) is 0 Å². The SMILES string of the molecule is CCCCCCCCCCCCCCCCCCCCCCCCSCCCCCCCCCCCCCCCC(C)C. The first-order valence-corrected chi connectivity index (χ1v) is 22.0. The fourth-order valence-corrected chi connectivity index (χ4v) is 7.64. The molecule has 0 spiro atoms. The Labute approximate surface area is 280 Å². The van der Waals surface area contributed by atoms with Crippen LogP contribution < -0.4 is 0 Å². The van der Waals surface area contributed by atoms with Gasteiger partial charge in [-0.1, -0.05) is 239 Å². The van der Waals surface area contributed by atoms with E-state index in [1.165, 1.54) is 243 Å². The van der Waals surface area contributed by atoms with Crippen molar-refractivity contribution >= 4 is 11.8 Å². The Morgan fingerprint density at radius 2 is 0.488 bits per heavy atom. The maximum atomic E-state index is 2.35. The minimum Gasteiger partial charge on any atom is -0.162 e. The number of thioether (sulfide) groups is 1. The molecule has 0 atom stereocenters. The second-order valence-electron chi connectivity index (χ2n) is 14.8. The molecule has 0 nitrogen and oxygen atoms in total. The van der Waals surface area contributed by atoms with Gasteiger partial charge in [0, 0.05) is 0 Å². The Hall–Kier alpha value is 0.350. The molecular formula is C42H86S. The summed E-state index contributed by atoms with van der Waals surface area (Å²) in [5.41, 5.74) is 0. The molecule has 0 unspecified atom stereocenters. The van der Waals surface area contributed by atoms with Crippen LogP contribution in [-0.4, -0.2) is 11.5 Å². The van der Waals surface area contributed by atoms with Gasteiger partial charge in [-0.05, 0) is 30.3 Å². The Kier molecular flexibility index (Phi) is 40.7. The molecule has 0 aromatic rings. The zero-order valence-corrected chi connectivity index (χ0v) is 31.7. The van der Waals surface area contributed by atoms with Crippen molar-refractivity contribution in [3.05, 3.63) is 0 Å². The van der Waals surface area contributed by atoms with Crippen LogP contribution in [0.4, 0.5) is 0 Å². The largest absolute Gasteiger partial charge is 0.162 e. The van der Waals surface area contributed by atoms with Crippen LogP contribution in [0.5, 0.6) is 0 Å². The Morgan fingerprint density at radius 1 is 0.279 bits per heavy atom. The molecule has 1 heteroatoms. The second-order valence-corrected chi connectivity index (χ2v) is 16.0. The van der Waals surface area contributed by atoms with Gasteiger partial charge < -0.3 is 0 Å². The summed E-state index contributed by atoms with van der Waals surface area (Å²) in [6.45, 7) is 7.01. The summed E-state index contributed by atoms with van der Waals surface area (Å²) in [7, 11) is 0. The van der Waals surface area contributed by atoms with Crippen LogP contribution in [0.2, 0.25) is 0 Å². The summed E-state index contributed by atoms with van der Waals surface area (Å²) in [6, 6.07) is 0. The molecule has 0 radical (unpaired) electrons. The smallest absolute Gasteiger partial charge is 0.00675 e. The normalized spacial score (nSPS) is 11.7. The van der Waals surface area contributed by atoms with Crippen molar-refractivity contribution < 1.29 is 0 Å². The van der Waals surface area contributed by atoms with Crippen molar-refractivity contribution in [2.24, 2.45) is 5.92 Å². The lowest BCUT2D eigenvalue weighted by molar-refractivity contribution is 0.503. The highest BCUT2D eigenvalue weighted by Gasteiger charge is 1.98. The predicted molar refractivity (Wildman–Crippen MR) is 204 cm³/mol. The van der Waals surface area contributed by atoms with Crippen molar-refractivity contribution in [1.29, 1.82) is 0 Å². The van der Waals surface area contributed by atoms with Crippen LogP contribution in [0.25, 0.3) is 0 Å². The lowest BCUT2D eigenvalue weighted by atomic mass is 10.0. The minimum atomic E-state index is 0.895. The van der Waals surface area contributed by atoms with Crippen LogP contribution in [0.1, 0.15) is 252 Å².